The van der Waals surface area contributed by atoms with Crippen molar-refractivity contribution in [2.24, 2.45) is 7.05 Å². The molecule has 0 radical (unpaired) electrons. The van der Waals surface area contributed by atoms with Gasteiger partial charge in [0.2, 0.25) is 11.9 Å². The van der Waals surface area contributed by atoms with Crippen LogP contribution in [0.4, 0.5) is 19.1 Å². The number of amides is 1. The molecule has 0 unspecified atom stereocenters. The molecule has 36 heavy (non-hydrogen) atoms. The summed E-state index contributed by atoms with van der Waals surface area (Å²) in [7, 11) is 1.58. The molecule has 0 aromatic carbocycles. The average Bonchev–Trinajstić information content (AvgIpc) is 3.19. The van der Waals surface area contributed by atoms with Crippen LogP contribution in [0.3, 0.4) is 0 Å². The maximum absolute atomic E-state index is 13.3. The number of likely N-dealkylation sites (N-methyl/N-ethyl adjacent to an activating group) is 1. The molecule has 3 heterocycles. The van der Waals surface area contributed by atoms with Gasteiger partial charge in [0.1, 0.15) is 6.54 Å². The molecule has 15 heteroatoms. The molecular formula is C21H30F3N7O5. The third-order valence-electron chi connectivity index (χ3n) is 5.21. The molecule has 3 N–H and O–H groups in total. The van der Waals surface area contributed by atoms with Crippen molar-refractivity contribution in [1.29, 1.82) is 0 Å². The first-order valence-corrected chi connectivity index (χ1v) is 11.1. The van der Waals surface area contributed by atoms with Crippen LogP contribution in [-0.4, -0.2) is 74.6 Å². The fraction of sp³-hybridized carbons (Fsp3) is 0.571. The first-order chi connectivity index (χ1) is 16.8. The van der Waals surface area contributed by atoms with Crippen LogP contribution >= 0.6 is 0 Å². The fourth-order valence-corrected chi connectivity index (χ4v) is 3.45. The van der Waals surface area contributed by atoms with Gasteiger partial charge in [-0.2, -0.15) is 18.2 Å². The number of nitrogens with zero attached hydrogens (tertiary/aromatic N) is 5. The van der Waals surface area contributed by atoms with Crippen LogP contribution in [0.2, 0.25) is 0 Å². The van der Waals surface area contributed by atoms with Crippen molar-refractivity contribution in [3.8, 4) is 0 Å². The average molecular weight is 518 g/mol. The van der Waals surface area contributed by atoms with Crippen molar-refractivity contribution < 1.29 is 27.9 Å². The summed E-state index contributed by atoms with van der Waals surface area (Å²) >= 11 is 0. The number of carboxylic acids is 1. The van der Waals surface area contributed by atoms with Crippen molar-refractivity contribution >= 4 is 29.0 Å². The number of hydrogen-bond acceptors (Lipinski definition) is 7. The van der Waals surface area contributed by atoms with Crippen molar-refractivity contribution in [2.45, 2.75) is 40.0 Å². The SMILES string of the molecule is CCNC(=O)Cn1c(=O)c2c(nc(N3CCNCC3)n2CC=C(C)C)n(C)c1=O.O=C(O)C(F)(F)F. The molecule has 1 saturated heterocycles. The zero-order valence-electron chi connectivity index (χ0n) is 20.5. The highest BCUT2D eigenvalue weighted by atomic mass is 19.4. The Labute approximate surface area is 204 Å². The first-order valence-electron chi connectivity index (χ1n) is 11.1. The second kappa shape index (κ2) is 11.9. The summed E-state index contributed by atoms with van der Waals surface area (Å²) in [6, 6.07) is 0. The number of aliphatic carboxylic acids is 1. The summed E-state index contributed by atoms with van der Waals surface area (Å²) in [6.07, 6.45) is -3.06. The lowest BCUT2D eigenvalue weighted by atomic mass is 10.3. The number of alkyl halides is 3. The van der Waals surface area contributed by atoms with E-state index in [0.717, 1.165) is 36.3 Å². The third kappa shape index (κ3) is 6.74. The molecule has 200 valence electrons. The Kier molecular flexibility index (Phi) is 9.44. The van der Waals surface area contributed by atoms with Gasteiger partial charge in [0.05, 0.1) is 0 Å². The Morgan fingerprint density at radius 2 is 1.75 bits per heavy atom. The highest BCUT2D eigenvalue weighted by Crippen LogP contribution is 2.20. The van der Waals surface area contributed by atoms with Gasteiger partial charge in [-0.05, 0) is 20.8 Å². The van der Waals surface area contributed by atoms with Gasteiger partial charge >= 0.3 is 17.8 Å². The zero-order valence-corrected chi connectivity index (χ0v) is 20.5. The van der Waals surface area contributed by atoms with E-state index in [1.807, 2.05) is 24.5 Å². The van der Waals surface area contributed by atoms with Crippen LogP contribution < -0.4 is 26.8 Å². The minimum atomic E-state index is -5.08. The third-order valence-corrected chi connectivity index (χ3v) is 5.21. The van der Waals surface area contributed by atoms with Gasteiger partial charge < -0.3 is 25.2 Å². The first kappa shape index (κ1) is 28.6. The Morgan fingerprint density at radius 1 is 1.17 bits per heavy atom. The Balaban J connectivity index is 0.000000572. The van der Waals surface area contributed by atoms with E-state index < -0.39 is 23.4 Å². The van der Waals surface area contributed by atoms with E-state index in [0.29, 0.717) is 30.2 Å². The number of fused-ring (bicyclic) bond motifs is 1. The highest BCUT2D eigenvalue weighted by Gasteiger charge is 2.38. The minimum absolute atomic E-state index is 0.313. The summed E-state index contributed by atoms with van der Waals surface area (Å²) in [5.74, 6) is -2.46. The predicted octanol–water partition coefficient (Wildman–Crippen LogP) is 0.0419. The molecule has 1 amide bonds. The number of halogens is 3. The molecular weight excluding hydrogens is 487 g/mol. The van der Waals surface area contributed by atoms with E-state index in [1.165, 1.54) is 4.57 Å². The van der Waals surface area contributed by atoms with Crippen molar-refractivity contribution in [3.63, 3.8) is 0 Å². The van der Waals surface area contributed by atoms with Crippen molar-refractivity contribution in [3.05, 3.63) is 32.5 Å². The lowest BCUT2D eigenvalue weighted by Gasteiger charge is -2.28. The van der Waals surface area contributed by atoms with Crippen molar-refractivity contribution in [1.82, 2.24) is 29.3 Å². The smallest absolute Gasteiger partial charge is 0.475 e. The number of carboxylic acid groups (broad SMARTS) is 1. The second-order valence-corrected chi connectivity index (χ2v) is 8.20. The summed E-state index contributed by atoms with van der Waals surface area (Å²) in [4.78, 5) is 53.8. The normalized spacial score (nSPS) is 13.7. The lowest BCUT2D eigenvalue weighted by Crippen LogP contribution is -2.45. The van der Waals surface area contributed by atoms with Gasteiger partial charge in [-0.25, -0.2) is 14.2 Å². The van der Waals surface area contributed by atoms with Gasteiger partial charge in [0.25, 0.3) is 5.56 Å². The summed E-state index contributed by atoms with van der Waals surface area (Å²) in [5.41, 5.74) is 0.744. The number of piperazine rings is 1. The van der Waals surface area contributed by atoms with E-state index in [9.17, 15) is 27.6 Å². The number of anilines is 1. The lowest BCUT2D eigenvalue weighted by molar-refractivity contribution is -0.192. The molecule has 2 aromatic rings. The van der Waals surface area contributed by atoms with Crippen LogP contribution in [0.1, 0.15) is 20.8 Å². The largest absolute Gasteiger partial charge is 0.490 e. The highest BCUT2D eigenvalue weighted by molar-refractivity contribution is 5.77. The molecule has 1 aliphatic heterocycles. The van der Waals surface area contributed by atoms with Crippen LogP contribution in [0.15, 0.2) is 21.2 Å². The van der Waals surface area contributed by atoms with Crippen LogP contribution in [0.25, 0.3) is 11.2 Å². The standard InChI is InChI=1S/C19H29N7O3.C2HF3O2/c1-5-21-14(27)12-26-17(28)15-16(23(4)19(26)29)22-18(24-10-7-20-8-11-24)25(15)9-6-13(2)3;3-2(4,5)1(6)7/h6,20H,5,7-12H2,1-4H3,(H,21,27);(H,6,7). The van der Waals surface area contributed by atoms with Crippen LogP contribution in [0.5, 0.6) is 0 Å². The Bertz CT molecular complexity index is 1250. The fourth-order valence-electron chi connectivity index (χ4n) is 3.45. The van der Waals surface area contributed by atoms with Gasteiger partial charge in [0, 0.05) is 46.3 Å². The van der Waals surface area contributed by atoms with Crippen molar-refractivity contribution in [2.75, 3.05) is 37.6 Å². The number of hydrogen-bond donors (Lipinski definition) is 3. The zero-order chi connectivity index (χ0) is 27.2. The summed E-state index contributed by atoms with van der Waals surface area (Å²) in [6.45, 7) is 9.53. The summed E-state index contributed by atoms with van der Waals surface area (Å²) in [5, 5.41) is 13.1. The van der Waals surface area contributed by atoms with Gasteiger partial charge in [0.15, 0.2) is 11.2 Å². The molecule has 1 aliphatic rings. The van der Waals surface area contributed by atoms with E-state index in [4.69, 9.17) is 9.90 Å². The minimum Gasteiger partial charge on any atom is -0.475 e. The van der Waals surface area contributed by atoms with E-state index in [-0.39, 0.29) is 12.5 Å². The molecule has 0 spiro atoms. The number of imidazole rings is 1. The van der Waals surface area contributed by atoms with Crippen LogP contribution in [0, 0.1) is 0 Å². The van der Waals surface area contributed by atoms with E-state index >= 15 is 0 Å². The molecule has 0 saturated carbocycles. The van der Waals surface area contributed by atoms with Crippen LogP contribution in [-0.2, 0) is 29.7 Å². The Morgan fingerprint density at radius 3 is 2.25 bits per heavy atom. The maximum atomic E-state index is 13.3. The molecule has 3 rings (SSSR count). The molecule has 1 fully saturated rings. The number of rotatable bonds is 6. The monoisotopic (exact) mass is 517 g/mol. The van der Waals surface area contributed by atoms with Gasteiger partial charge in [-0.15, -0.1) is 0 Å². The van der Waals surface area contributed by atoms with E-state index in [2.05, 4.69) is 20.5 Å². The number of carbonyl (C=O) groups excluding carboxylic acids is 1. The van der Waals surface area contributed by atoms with E-state index in [1.54, 1.807) is 14.0 Å². The number of carbonyl (C=O) groups is 2. The number of nitrogens with one attached hydrogen (secondary N) is 2. The van der Waals surface area contributed by atoms with Gasteiger partial charge in [-0.3, -0.25) is 14.2 Å². The topological polar surface area (TPSA) is 143 Å². The number of allylic oxidation sites excluding steroid dienone is 2. The quantitative estimate of drug-likeness (QED) is 0.456. The summed E-state index contributed by atoms with van der Waals surface area (Å²) < 4.78 is 35.9. The molecule has 0 bridgehead atoms. The number of aryl methyl sites for hydroxylation is 1. The second-order valence-electron chi connectivity index (χ2n) is 8.20. The molecule has 2 aromatic heterocycles. The molecule has 0 atom stereocenters. The number of aromatic nitrogens is 4. The Hall–Kier alpha value is -3.62. The predicted molar refractivity (Wildman–Crippen MR) is 126 cm³/mol. The van der Waals surface area contributed by atoms with Gasteiger partial charge in [-0.1, -0.05) is 11.6 Å². The molecule has 0 aliphatic carbocycles. The maximum Gasteiger partial charge on any atom is 0.490 e. The molecule has 12 nitrogen and oxygen atoms in total.